The summed E-state index contributed by atoms with van der Waals surface area (Å²) in [6.07, 6.45) is 37.4. The third-order valence-electron chi connectivity index (χ3n) is 8.56. The third kappa shape index (κ3) is 28.5. The molecule has 0 fully saturated rings. The predicted molar refractivity (Wildman–Crippen MR) is 191 cm³/mol. The Labute approximate surface area is 277 Å². The minimum absolute atomic E-state index is 0.360. The molecule has 1 amide bonds. The molecule has 0 aromatic carbocycles. The highest BCUT2D eigenvalue weighted by molar-refractivity contribution is 5.80. The normalized spacial score (nSPS) is 14.9. The van der Waals surface area contributed by atoms with E-state index in [-0.39, 0.29) is 0 Å². The summed E-state index contributed by atoms with van der Waals surface area (Å²) in [6, 6.07) is -1.01. The smallest absolute Gasteiger partial charge is 0.249 e. The maximum atomic E-state index is 12.4. The van der Waals surface area contributed by atoms with E-state index in [9.17, 15) is 25.2 Å². The molecule has 0 saturated carbocycles. The van der Waals surface area contributed by atoms with E-state index in [1.807, 2.05) is 0 Å². The fourth-order valence-electron chi connectivity index (χ4n) is 5.49. The molecule has 0 heterocycles. The first-order chi connectivity index (χ1) is 22.0. The largest absolute Gasteiger partial charge is 0.394 e. The molecule has 0 aliphatic heterocycles. The number of amides is 1. The molecule has 0 rings (SSSR count). The fraction of sp³-hybridized carbons (Fsp3) is 0.821. The lowest BCUT2D eigenvalue weighted by Gasteiger charge is -2.27. The van der Waals surface area contributed by atoms with Gasteiger partial charge in [0.2, 0.25) is 5.91 Å². The topological polar surface area (TPSA) is 110 Å². The van der Waals surface area contributed by atoms with Crippen molar-refractivity contribution in [2.75, 3.05) is 6.61 Å². The van der Waals surface area contributed by atoms with Gasteiger partial charge in [0.05, 0.1) is 18.8 Å². The molecular weight excluding hydrogens is 562 g/mol. The number of hydrogen-bond acceptors (Lipinski definition) is 5. The summed E-state index contributed by atoms with van der Waals surface area (Å²) in [4.78, 5) is 12.4. The number of aliphatic hydroxyl groups is 4. The maximum absolute atomic E-state index is 12.4. The van der Waals surface area contributed by atoms with Crippen molar-refractivity contribution in [2.45, 2.75) is 199 Å². The fourth-order valence-corrected chi connectivity index (χ4v) is 5.49. The zero-order chi connectivity index (χ0) is 33.2. The van der Waals surface area contributed by atoms with E-state index < -0.39 is 36.9 Å². The SMILES string of the molecule is CCCCCCC/C=C/CC/C=C/CC/C=C/CCCC(O)C(O)C(CO)NC(=O)C(O)CCCCCCCCCCCCC. The van der Waals surface area contributed by atoms with Crippen molar-refractivity contribution in [2.24, 2.45) is 0 Å². The molecule has 264 valence electrons. The van der Waals surface area contributed by atoms with E-state index >= 15 is 0 Å². The first-order valence-electron chi connectivity index (χ1n) is 18.9. The van der Waals surface area contributed by atoms with E-state index in [1.165, 1.54) is 89.9 Å². The van der Waals surface area contributed by atoms with Crippen LogP contribution in [0.1, 0.15) is 174 Å². The van der Waals surface area contributed by atoms with Crippen LogP contribution < -0.4 is 5.32 Å². The number of unbranched alkanes of at least 4 members (excludes halogenated alkanes) is 18. The van der Waals surface area contributed by atoms with Gasteiger partial charge in [-0.15, -0.1) is 0 Å². The average Bonchev–Trinajstić information content (AvgIpc) is 3.04. The van der Waals surface area contributed by atoms with Crippen LogP contribution in [0.3, 0.4) is 0 Å². The Balaban J connectivity index is 3.91. The molecule has 0 aromatic rings. The van der Waals surface area contributed by atoms with Crippen molar-refractivity contribution in [3.8, 4) is 0 Å². The van der Waals surface area contributed by atoms with Crippen LogP contribution in [0.4, 0.5) is 0 Å². The van der Waals surface area contributed by atoms with Gasteiger partial charge in [-0.25, -0.2) is 0 Å². The average molecular weight is 636 g/mol. The molecule has 5 N–H and O–H groups in total. The number of nitrogens with one attached hydrogen (secondary N) is 1. The number of aliphatic hydroxyl groups excluding tert-OH is 4. The first kappa shape index (κ1) is 43.5. The number of carbonyl (C=O) groups is 1. The molecule has 0 aliphatic rings. The van der Waals surface area contributed by atoms with Gasteiger partial charge in [0.15, 0.2) is 0 Å². The summed E-state index contributed by atoms with van der Waals surface area (Å²) in [5.74, 6) is -0.603. The van der Waals surface area contributed by atoms with E-state index in [1.54, 1.807) is 0 Å². The van der Waals surface area contributed by atoms with E-state index in [0.717, 1.165) is 51.4 Å². The van der Waals surface area contributed by atoms with Crippen molar-refractivity contribution in [1.82, 2.24) is 5.32 Å². The molecule has 45 heavy (non-hydrogen) atoms. The molecule has 0 aromatic heterocycles. The van der Waals surface area contributed by atoms with Crippen molar-refractivity contribution in [3.05, 3.63) is 36.5 Å². The maximum Gasteiger partial charge on any atom is 0.249 e. The second-order valence-corrected chi connectivity index (χ2v) is 12.9. The van der Waals surface area contributed by atoms with Crippen molar-refractivity contribution < 1.29 is 25.2 Å². The summed E-state index contributed by atoms with van der Waals surface area (Å²) in [5.41, 5.74) is 0. The number of carbonyl (C=O) groups excluding carboxylic acids is 1. The predicted octanol–water partition coefficient (Wildman–Crippen LogP) is 9.01. The highest BCUT2D eigenvalue weighted by Gasteiger charge is 2.28. The second-order valence-electron chi connectivity index (χ2n) is 12.9. The second kappa shape index (κ2) is 33.9. The lowest BCUT2D eigenvalue weighted by atomic mass is 10.00. The highest BCUT2D eigenvalue weighted by atomic mass is 16.3. The molecule has 0 saturated heterocycles. The van der Waals surface area contributed by atoms with Gasteiger partial charge in [-0.2, -0.15) is 0 Å². The number of hydrogen-bond donors (Lipinski definition) is 5. The lowest BCUT2D eigenvalue weighted by molar-refractivity contribution is -0.132. The standard InChI is InChI=1S/C39H73NO5/c1-3-5-7-9-11-13-15-16-17-18-19-20-21-23-24-26-28-30-32-36(42)38(44)35(34-41)40-39(45)37(43)33-31-29-27-25-22-14-12-10-8-6-4-2/h15-16,19-20,24,26,35-38,41-44H,3-14,17-18,21-23,25,27-34H2,1-2H3,(H,40,45)/b16-15+,20-19+,26-24+. The van der Waals surface area contributed by atoms with Gasteiger partial charge in [0.25, 0.3) is 0 Å². The van der Waals surface area contributed by atoms with Crippen LogP contribution in [-0.2, 0) is 4.79 Å². The molecule has 4 unspecified atom stereocenters. The van der Waals surface area contributed by atoms with Crippen LogP contribution in [0.5, 0.6) is 0 Å². The van der Waals surface area contributed by atoms with Crippen LogP contribution in [-0.4, -0.2) is 57.3 Å². The molecule has 0 spiro atoms. The molecule has 6 nitrogen and oxygen atoms in total. The zero-order valence-electron chi connectivity index (χ0n) is 29.4. The van der Waals surface area contributed by atoms with Gasteiger partial charge in [-0.1, -0.05) is 147 Å². The summed E-state index contributed by atoms with van der Waals surface area (Å²) in [7, 11) is 0. The minimum atomic E-state index is -1.29. The molecular formula is C39H73NO5. The molecule has 0 bridgehead atoms. The molecule has 4 atom stereocenters. The summed E-state index contributed by atoms with van der Waals surface area (Å²) in [5, 5.41) is 43.4. The first-order valence-corrected chi connectivity index (χ1v) is 18.9. The summed E-state index contributed by atoms with van der Waals surface area (Å²) < 4.78 is 0. The summed E-state index contributed by atoms with van der Waals surface area (Å²) >= 11 is 0. The Bertz CT molecular complexity index is 722. The van der Waals surface area contributed by atoms with Crippen molar-refractivity contribution in [3.63, 3.8) is 0 Å². The van der Waals surface area contributed by atoms with Crippen molar-refractivity contribution in [1.29, 1.82) is 0 Å². The molecule has 0 radical (unpaired) electrons. The van der Waals surface area contributed by atoms with Gasteiger partial charge < -0.3 is 25.7 Å². The highest BCUT2D eigenvalue weighted by Crippen LogP contribution is 2.14. The minimum Gasteiger partial charge on any atom is -0.394 e. The van der Waals surface area contributed by atoms with Crippen LogP contribution in [0.15, 0.2) is 36.5 Å². The number of allylic oxidation sites excluding steroid dienone is 6. The van der Waals surface area contributed by atoms with Gasteiger partial charge in [0.1, 0.15) is 12.2 Å². The van der Waals surface area contributed by atoms with Crippen LogP contribution in [0.25, 0.3) is 0 Å². The monoisotopic (exact) mass is 636 g/mol. The Kier molecular flexibility index (Phi) is 32.8. The van der Waals surface area contributed by atoms with E-state index in [2.05, 4.69) is 55.6 Å². The van der Waals surface area contributed by atoms with Gasteiger partial charge in [-0.3, -0.25) is 4.79 Å². The Hall–Kier alpha value is -1.47. The van der Waals surface area contributed by atoms with Gasteiger partial charge in [0, 0.05) is 0 Å². The third-order valence-corrected chi connectivity index (χ3v) is 8.56. The lowest BCUT2D eigenvalue weighted by Crippen LogP contribution is -2.53. The van der Waals surface area contributed by atoms with Gasteiger partial charge >= 0.3 is 0 Å². The summed E-state index contributed by atoms with van der Waals surface area (Å²) in [6.45, 7) is 3.98. The van der Waals surface area contributed by atoms with Gasteiger partial charge in [-0.05, 0) is 64.2 Å². The molecule has 6 heteroatoms. The van der Waals surface area contributed by atoms with Crippen LogP contribution >= 0.6 is 0 Å². The Morgan fingerprint density at radius 2 is 0.933 bits per heavy atom. The Morgan fingerprint density at radius 1 is 0.533 bits per heavy atom. The van der Waals surface area contributed by atoms with E-state index in [0.29, 0.717) is 19.3 Å². The van der Waals surface area contributed by atoms with Crippen molar-refractivity contribution >= 4 is 5.91 Å². The molecule has 0 aliphatic carbocycles. The quantitative estimate of drug-likeness (QED) is 0.0365. The van der Waals surface area contributed by atoms with Crippen LogP contribution in [0, 0.1) is 0 Å². The van der Waals surface area contributed by atoms with Crippen LogP contribution in [0.2, 0.25) is 0 Å². The zero-order valence-corrected chi connectivity index (χ0v) is 29.4. The van der Waals surface area contributed by atoms with E-state index in [4.69, 9.17) is 0 Å². The number of rotatable bonds is 33. The Morgan fingerprint density at radius 3 is 1.40 bits per heavy atom.